The number of H-pyrrole nitrogens is 1. The Morgan fingerprint density at radius 3 is 2.57 bits per heavy atom. The van der Waals surface area contributed by atoms with E-state index in [9.17, 15) is 14.4 Å². The molecule has 3 amide bonds. The summed E-state index contributed by atoms with van der Waals surface area (Å²) in [4.78, 5) is 50.4. The summed E-state index contributed by atoms with van der Waals surface area (Å²) in [6.45, 7) is 3.79. The Morgan fingerprint density at radius 2 is 1.81 bits per heavy atom. The summed E-state index contributed by atoms with van der Waals surface area (Å²) in [5, 5.41) is 2.29. The molecule has 1 unspecified atom stereocenters. The zero-order valence-electron chi connectivity index (χ0n) is 20.2. The van der Waals surface area contributed by atoms with Crippen LogP contribution >= 0.6 is 0 Å². The minimum atomic E-state index is -0.711. The highest BCUT2D eigenvalue weighted by Gasteiger charge is 2.40. The zero-order chi connectivity index (χ0) is 25.5. The van der Waals surface area contributed by atoms with Gasteiger partial charge in [0.25, 0.3) is 5.91 Å². The Kier molecular flexibility index (Phi) is 5.96. The summed E-state index contributed by atoms with van der Waals surface area (Å²) in [5.41, 5.74) is 3.55. The SMILES string of the molecule is O=C1CCC(N2Cc3cc(N4CCN(Cc5cnc(-c6ccccc6)[nH]5)CC4)c(F)cc3C2=O)C(=O)N1. The zero-order valence-corrected chi connectivity index (χ0v) is 20.2. The maximum atomic E-state index is 15.1. The van der Waals surface area contributed by atoms with Crippen LogP contribution in [0.15, 0.2) is 48.7 Å². The maximum Gasteiger partial charge on any atom is 0.255 e. The highest BCUT2D eigenvalue weighted by molar-refractivity contribution is 6.05. The molecule has 0 bridgehead atoms. The standard InChI is InChI=1S/C27H27FN6O3/c28-21-13-20-18(15-34(27(20)37)22-6-7-24(35)31-26(22)36)12-23(21)33-10-8-32(9-11-33)16-19-14-29-25(30-19)17-4-2-1-3-5-17/h1-5,12-14,22H,6-11,15-16H2,(H,29,30)(H,31,35,36). The number of amides is 3. The van der Waals surface area contributed by atoms with Crippen molar-refractivity contribution < 1.29 is 18.8 Å². The molecule has 0 spiro atoms. The molecule has 2 N–H and O–H groups in total. The molecule has 190 valence electrons. The Labute approximate surface area is 213 Å². The van der Waals surface area contributed by atoms with E-state index in [1.807, 2.05) is 41.4 Å². The molecule has 2 aromatic carbocycles. The van der Waals surface area contributed by atoms with Gasteiger partial charge in [-0.15, -0.1) is 0 Å². The first-order valence-corrected chi connectivity index (χ1v) is 12.5. The van der Waals surface area contributed by atoms with Gasteiger partial charge in [-0.25, -0.2) is 9.37 Å². The van der Waals surface area contributed by atoms with Crippen molar-refractivity contribution in [1.82, 2.24) is 25.1 Å². The Balaban J connectivity index is 1.10. The van der Waals surface area contributed by atoms with E-state index in [1.165, 1.54) is 11.0 Å². The van der Waals surface area contributed by atoms with Crippen LogP contribution in [0.5, 0.6) is 0 Å². The van der Waals surface area contributed by atoms with E-state index in [4.69, 9.17) is 0 Å². The number of rotatable bonds is 5. The number of fused-ring (bicyclic) bond motifs is 1. The molecule has 6 rings (SSSR count). The number of piperazine rings is 1. The van der Waals surface area contributed by atoms with Gasteiger partial charge in [0.1, 0.15) is 17.7 Å². The summed E-state index contributed by atoms with van der Waals surface area (Å²) in [6, 6.07) is 12.3. The van der Waals surface area contributed by atoms with Gasteiger partial charge in [-0.05, 0) is 24.1 Å². The van der Waals surface area contributed by atoms with Gasteiger partial charge in [0.15, 0.2) is 0 Å². The number of aromatic nitrogens is 2. The number of nitrogens with one attached hydrogen (secondary N) is 2. The van der Waals surface area contributed by atoms with Gasteiger partial charge >= 0.3 is 0 Å². The molecule has 4 heterocycles. The van der Waals surface area contributed by atoms with Crippen LogP contribution in [0, 0.1) is 5.82 Å². The first-order chi connectivity index (χ1) is 18.0. The summed E-state index contributed by atoms with van der Waals surface area (Å²) >= 11 is 0. The van der Waals surface area contributed by atoms with Gasteiger partial charge in [-0.3, -0.25) is 24.6 Å². The van der Waals surface area contributed by atoms with Gasteiger partial charge in [-0.1, -0.05) is 30.3 Å². The molecule has 1 atom stereocenters. The van der Waals surface area contributed by atoms with E-state index < -0.39 is 17.8 Å². The van der Waals surface area contributed by atoms with Crippen LogP contribution in [0.3, 0.4) is 0 Å². The van der Waals surface area contributed by atoms with Gasteiger partial charge in [0.05, 0.1) is 5.69 Å². The van der Waals surface area contributed by atoms with Gasteiger partial charge in [-0.2, -0.15) is 0 Å². The van der Waals surface area contributed by atoms with E-state index >= 15 is 4.39 Å². The number of carbonyl (C=O) groups excluding carboxylic acids is 3. The van der Waals surface area contributed by atoms with Crippen LogP contribution in [0.4, 0.5) is 10.1 Å². The fourth-order valence-corrected chi connectivity index (χ4v) is 5.39. The van der Waals surface area contributed by atoms with E-state index in [0.717, 1.165) is 36.7 Å². The predicted molar refractivity (Wildman–Crippen MR) is 134 cm³/mol. The molecule has 9 nitrogen and oxygen atoms in total. The van der Waals surface area contributed by atoms with Crippen molar-refractivity contribution in [1.29, 1.82) is 0 Å². The molecule has 0 radical (unpaired) electrons. The molecule has 10 heteroatoms. The van der Waals surface area contributed by atoms with Crippen molar-refractivity contribution in [3.8, 4) is 11.4 Å². The van der Waals surface area contributed by atoms with Crippen LogP contribution in [0.2, 0.25) is 0 Å². The number of imidazole rings is 1. The lowest BCUT2D eigenvalue weighted by molar-refractivity contribution is -0.136. The fourth-order valence-electron chi connectivity index (χ4n) is 5.39. The molecule has 3 aliphatic heterocycles. The van der Waals surface area contributed by atoms with Crippen LogP contribution in [-0.4, -0.2) is 69.7 Å². The van der Waals surface area contributed by atoms with Crippen molar-refractivity contribution in [2.45, 2.75) is 32.0 Å². The Hall–Kier alpha value is -4.05. The van der Waals surface area contributed by atoms with Crippen LogP contribution in [0.1, 0.15) is 34.5 Å². The first-order valence-electron chi connectivity index (χ1n) is 12.5. The number of hydrogen-bond acceptors (Lipinski definition) is 6. The maximum absolute atomic E-state index is 15.1. The molecule has 2 saturated heterocycles. The first kappa shape index (κ1) is 23.4. The highest BCUT2D eigenvalue weighted by atomic mass is 19.1. The normalized spacial score (nSPS) is 20.4. The number of anilines is 1. The molecule has 2 fully saturated rings. The summed E-state index contributed by atoms with van der Waals surface area (Å²) < 4.78 is 15.1. The lowest BCUT2D eigenvalue weighted by Gasteiger charge is -2.36. The number of halogens is 1. The number of benzene rings is 2. The van der Waals surface area contributed by atoms with Gasteiger partial charge in [0, 0.05) is 68.7 Å². The van der Waals surface area contributed by atoms with Crippen LogP contribution < -0.4 is 10.2 Å². The number of piperidine rings is 1. The van der Waals surface area contributed by atoms with Crippen molar-refractivity contribution in [2.24, 2.45) is 0 Å². The fraction of sp³-hybridized carbons (Fsp3) is 0.333. The van der Waals surface area contributed by atoms with Crippen molar-refractivity contribution in [3.05, 3.63) is 71.3 Å². The molecule has 3 aliphatic rings. The quantitative estimate of drug-likeness (QED) is 0.520. The number of hydrogen-bond donors (Lipinski definition) is 2. The number of imide groups is 1. The molecule has 37 heavy (non-hydrogen) atoms. The van der Waals surface area contributed by atoms with E-state index in [1.54, 1.807) is 6.07 Å². The lowest BCUT2D eigenvalue weighted by atomic mass is 10.0. The largest absolute Gasteiger partial charge is 0.367 e. The van der Waals surface area contributed by atoms with Crippen molar-refractivity contribution in [2.75, 3.05) is 31.1 Å². The Morgan fingerprint density at radius 1 is 1.03 bits per heavy atom. The predicted octanol–water partition coefficient (Wildman–Crippen LogP) is 2.30. The molecular weight excluding hydrogens is 475 g/mol. The summed E-state index contributed by atoms with van der Waals surface area (Å²) in [6.07, 6.45) is 2.33. The third-order valence-electron chi connectivity index (χ3n) is 7.37. The second kappa shape index (κ2) is 9.44. The minimum Gasteiger partial charge on any atom is -0.367 e. The van der Waals surface area contributed by atoms with Crippen molar-refractivity contribution in [3.63, 3.8) is 0 Å². The van der Waals surface area contributed by atoms with E-state index in [-0.39, 0.29) is 36.8 Å². The lowest BCUT2D eigenvalue weighted by Crippen LogP contribution is -2.52. The monoisotopic (exact) mass is 502 g/mol. The third kappa shape index (κ3) is 4.48. The van der Waals surface area contributed by atoms with Gasteiger partial charge in [0.2, 0.25) is 11.8 Å². The number of aromatic amines is 1. The second-order valence-corrected chi connectivity index (χ2v) is 9.75. The van der Waals surface area contributed by atoms with Crippen LogP contribution in [0.25, 0.3) is 11.4 Å². The second-order valence-electron chi connectivity index (χ2n) is 9.75. The van der Waals surface area contributed by atoms with Gasteiger partial charge < -0.3 is 14.8 Å². The van der Waals surface area contributed by atoms with E-state index in [0.29, 0.717) is 24.3 Å². The van der Waals surface area contributed by atoms with E-state index in [2.05, 4.69) is 20.2 Å². The molecule has 3 aromatic rings. The van der Waals surface area contributed by atoms with Crippen molar-refractivity contribution >= 4 is 23.4 Å². The summed E-state index contributed by atoms with van der Waals surface area (Å²) in [7, 11) is 0. The average Bonchev–Trinajstić information content (AvgIpc) is 3.49. The van der Waals surface area contributed by atoms with Crippen LogP contribution in [-0.2, 0) is 22.7 Å². The molecular formula is C27H27FN6O3. The third-order valence-corrected chi connectivity index (χ3v) is 7.37. The molecule has 1 aromatic heterocycles. The summed E-state index contributed by atoms with van der Waals surface area (Å²) in [5.74, 6) is -0.763. The average molecular weight is 503 g/mol. The topological polar surface area (TPSA) is 102 Å². The minimum absolute atomic E-state index is 0.187. The molecule has 0 aliphatic carbocycles. The Bertz CT molecular complexity index is 1370. The number of nitrogens with zero attached hydrogens (tertiary/aromatic N) is 4. The molecule has 0 saturated carbocycles. The number of carbonyl (C=O) groups is 3. The highest BCUT2D eigenvalue weighted by Crippen LogP contribution is 2.33. The smallest absolute Gasteiger partial charge is 0.255 e.